The van der Waals surface area contributed by atoms with Gasteiger partial charge in [-0.3, -0.25) is 0 Å². The van der Waals surface area contributed by atoms with Gasteiger partial charge in [-0.2, -0.15) is 0 Å². The first-order valence-electron chi connectivity index (χ1n) is 6.92. The number of phenolic OH excluding ortho intramolecular Hbond substituents is 3. The molecule has 0 amide bonds. The van der Waals surface area contributed by atoms with Gasteiger partial charge in [-0.05, 0) is 54.8 Å². The van der Waals surface area contributed by atoms with Crippen LogP contribution in [0.5, 0.6) is 17.2 Å². The SMILES string of the molecule is NCCc1ccc(O)c(O)c1.ONCCc1ccc(O)cc1. The quantitative estimate of drug-likeness (QED) is 0.368. The van der Waals surface area contributed by atoms with E-state index in [4.69, 9.17) is 26.3 Å². The molecule has 0 spiro atoms. The zero-order chi connectivity index (χ0) is 16.4. The molecular weight excluding hydrogens is 284 g/mol. The van der Waals surface area contributed by atoms with Crippen molar-refractivity contribution in [3.05, 3.63) is 53.6 Å². The molecule has 2 aromatic rings. The second kappa shape index (κ2) is 9.62. The van der Waals surface area contributed by atoms with E-state index < -0.39 is 0 Å². The largest absolute Gasteiger partial charge is 0.508 e. The van der Waals surface area contributed by atoms with Crippen molar-refractivity contribution in [1.82, 2.24) is 5.48 Å². The number of aromatic hydroxyl groups is 3. The number of rotatable bonds is 5. The Kier molecular flexibility index (Phi) is 7.77. The monoisotopic (exact) mass is 306 g/mol. The molecule has 0 saturated carbocycles. The van der Waals surface area contributed by atoms with E-state index in [0.717, 1.165) is 17.5 Å². The van der Waals surface area contributed by atoms with Gasteiger partial charge in [0.1, 0.15) is 5.75 Å². The predicted octanol–water partition coefficient (Wildman–Crippen LogP) is 1.51. The van der Waals surface area contributed by atoms with Crippen LogP contribution in [0, 0.1) is 0 Å². The maximum Gasteiger partial charge on any atom is 0.157 e. The average Bonchev–Trinajstić information content (AvgIpc) is 2.51. The van der Waals surface area contributed by atoms with E-state index in [0.29, 0.717) is 19.5 Å². The summed E-state index contributed by atoms with van der Waals surface area (Å²) in [6.45, 7) is 1.08. The van der Waals surface area contributed by atoms with E-state index in [1.165, 1.54) is 12.1 Å². The molecule has 120 valence electrons. The van der Waals surface area contributed by atoms with Gasteiger partial charge in [-0.15, -0.1) is 0 Å². The summed E-state index contributed by atoms with van der Waals surface area (Å²) >= 11 is 0. The Bertz CT molecular complexity index is 559. The summed E-state index contributed by atoms with van der Waals surface area (Å²) in [4.78, 5) is 0. The molecule has 22 heavy (non-hydrogen) atoms. The van der Waals surface area contributed by atoms with Crippen LogP contribution >= 0.6 is 0 Å². The topological polar surface area (TPSA) is 119 Å². The second-order valence-electron chi connectivity index (χ2n) is 4.69. The van der Waals surface area contributed by atoms with Crippen molar-refractivity contribution in [1.29, 1.82) is 0 Å². The molecule has 0 aliphatic heterocycles. The summed E-state index contributed by atoms with van der Waals surface area (Å²) in [6.07, 6.45) is 1.48. The van der Waals surface area contributed by atoms with Gasteiger partial charge in [-0.1, -0.05) is 18.2 Å². The normalized spacial score (nSPS) is 9.91. The third-order valence-corrected chi connectivity index (χ3v) is 2.93. The highest BCUT2D eigenvalue weighted by Crippen LogP contribution is 2.24. The summed E-state index contributed by atoms with van der Waals surface area (Å²) < 4.78 is 0. The van der Waals surface area contributed by atoms with Gasteiger partial charge in [0.05, 0.1) is 0 Å². The summed E-state index contributed by atoms with van der Waals surface area (Å²) in [5.41, 5.74) is 9.39. The highest BCUT2D eigenvalue weighted by Gasteiger charge is 1.98. The average molecular weight is 306 g/mol. The highest BCUT2D eigenvalue weighted by atomic mass is 16.5. The molecule has 0 aromatic heterocycles. The molecule has 2 aromatic carbocycles. The molecule has 6 nitrogen and oxygen atoms in total. The molecule has 0 aliphatic carbocycles. The van der Waals surface area contributed by atoms with E-state index in [-0.39, 0.29) is 17.2 Å². The number of hydroxylamine groups is 1. The minimum atomic E-state index is -0.0919. The van der Waals surface area contributed by atoms with Gasteiger partial charge in [0, 0.05) is 6.54 Å². The van der Waals surface area contributed by atoms with Crippen LogP contribution in [0.15, 0.2) is 42.5 Å². The Morgan fingerprint density at radius 2 is 1.45 bits per heavy atom. The zero-order valence-electron chi connectivity index (χ0n) is 12.2. The van der Waals surface area contributed by atoms with Crippen LogP contribution in [-0.2, 0) is 12.8 Å². The molecule has 0 fully saturated rings. The number of phenols is 3. The molecule has 2 rings (SSSR count). The smallest absolute Gasteiger partial charge is 0.157 e. The minimum Gasteiger partial charge on any atom is -0.508 e. The van der Waals surface area contributed by atoms with Crippen LogP contribution in [0.25, 0.3) is 0 Å². The number of nitrogens with one attached hydrogen (secondary N) is 1. The maximum atomic E-state index is 9.04. The lowest BCUT2D eigenvalue weighted by molar-refractivity contribution is 0.168. The van der Waals surface area contributed by atoms with Crippen molar-refractivity contribution in [2.45, 2.75) is 12.8 Å². The van der Waals surface area contributed by atoms with Crippen molar-refractivity contribution in [3.8, 4) is 17.2 Å². The Morgan fingerprint density at radius 3 is 2.00 bits per heavy atom. The molecule has 7 N–H and O–H groups in total. The van der Waals surface area contributed by atoms with Crippen molar-refractivity contribution < 1.29 is 20.5 Å². The van der Waals surface area contributed by atoms with E-state index in [1.54, 1.807) is 18.2 Å². The molecule has 0 heterocycles. The second-order valence-corrected chi connectivity index (χ2v) is 4.69. The van der Waals surface area contributed by atoms with Gasteiger partial charge in [0.25, 0.3) is 0 Å². The van der Waals surface area contributed by atoms with Crippen LogP contribution in [-0.4, -0.2) is 33.6 Å². The number of hydrogen-bond acceptors (Lipinski definition) is 6. The standard InChI is InChI=1S/2C8H11NO2/c10-8-3-1-7(2-4-8)5-6-9-11;9-4-3-6-1-2-7(10)8(11)5-6/h1-4,9-11H,5-6H2;1-2,5,10-11H,3-4,9H2. The molecular formula is C16H22N2O4. The summed E-state index contributed by atoms with van der Waals surface area (Å²) in [6, 6.07) is 11.6. The molecule has 0 bridgehead atoms. The molecule has 0 aliphatic rings. The summed E-state index contributed by atoms with van der Waals surface area (Å²) in [7, 11) is 0. The molecule has 0 radical (unpaired) electrons. The summed E-state index contributed by atoms with van der Waals surface area (Å²) in [5.74, 6) is 0.0902. The zero-order valence-corrected chi connectivity index (χ0v) is 12.2. The Balaban J connectivity index is 0.000000220. The molecule has 0 unspecified atom stereocenters. The lowest BCUT2D eigenvalue weighted by Gasteiger charge is -2.00. The first-order valence-corrected chi connectivity index (χ1v) is 6.92. The van der Waals surface area contributed by atoms with Gasteiger partial charge < -0.3 is 26.3 Å². The van der Waals surface area contributed by atoms with Gasteiger partial charge in [-0.25, -0.2) is 5.48 Å². The maximum absolute atomic E-state index is 9.04. The third-order valence-electron chi connectivity index (χ3n) is 2.93. The van der Waals surface area contributed by atoms with Gasteiger partial charge in [0.15, 0.2) is 11.5 Å². The first-order chi connectivity index (χ1) is 10.6. The first kappa shape index (κ1) is 17.8. The Labute approximate surface area is 129 Å². The molecule has 0 atom stereocenters. The lowest BCUT2D eigenvalue weighted by Crippen LogP contribution is -2.10. The van der Waals surface area contributed by atoms with E-state index in [9.17, 15) is 0 Å². The fourth-order valence-corrected chi connectivity index (χ4v) is 1.75. The van der Waals surface area contributed by atoms with Crippen LogP contribution < -0.4 is 11.2 Å². The Morgan fingerprint density at radius 1 is 0.818 bits per heavy atom. The Hall–Kier alpha value is -2.28. The van der Waals surface area contributed by atoms with Crippen LogP contribution in [0.2, 0.25) is 0 Å². The van der Waals surface area contributed by atoms with E-state index >= 15 is 0 Å². The molecule has 0 saturated heterocycles. The van der Waals surface area contributed by atoms with Gasteiger partial charge in [0.2, 0.25) is 0 Å². The van der Waals surface area contributed by atoms with Crippen LogP contribution in [0.1, 0.15) is 11.1 Å². The van der Waals surface area contributed by atoms with Crippen molar-refractivity contribution >= 4 is 0 Å². The highest BCUT2D eigenvalue weighted by molar-refractivity contribution is 5.40. The van der Waals surface area contributed by atoms with Crippen LogP contribution in [0.4, 0.5) is 0 Å². The van der Waals surface area contributed by atoms with E-state index in [2.05, 4.69) is 5.48 Å². The van der Waals surface area contributed by atoms with Crippen molar-refractivity contribution in [3.63, 3.8) is 0 Å². The van der Waals surface area contributed by atoms with Crippen molar-refractivity contribution in [2.75, 3.05) is 13.1 Å². The summed E-state index contributed by atoms with van der Waals surface area (Å²) in [5, 5.41) is 35.2. The number of benzene rings is 2. The number of hydrogen-bond donors (Lipinski definition) is 6. The van der Waals surface area contributed by atoms with Crippen LogP contribution in [0.3, 0.4) is 0 Å². The predicted molar refractivity (Wildman–Crippen MR) is 84.1 cm³/mol. The fraction of sp³-hybridized carbons (Fsp3) is 0.250. The fourth-order valence-electron chi connectivity index (χ4n) is 1.75. The number of nitrogens with two attached hydrogens (primary N) is 1. The van der Waals surface area contributed by atoms with Crippen molar-refractivity contribution in [2.24, 2.45) is 5.73 Å². The molecule has 6 heteroatoms. The third kappa shape index (κ3) is 6.45. The van der Waals surface area contributed by atoms with E-state index in [1.807, 2.05) is 12.1 Å². The van der Waals surface area contributed by atoms with Gasteiger partial charge >= 0.3 is 0 Å². The lowest BCUT2D eigenvalue weighted by atomic mass is 10.1. The minimum absolute atomic E-state index is 0.0871.